The lowest BCUT2D eigenvalue weighted by Crippen LogP contribution is -2.52. The van der Waals surface area contributed by atoms with E-state index in [2.05, 4.69) is 0 Å². The summed E-state index contributed by atoms with van der Waals surface area (Å²) in [4.78, 5) is 27.2. The molecule has 1 aliphatic carbocycles. The number of phenols is 1. The molecule has 4 rings (SSSR count). The van der Waals surface area contributed by atoms with Gasteiger partial charge in [-0.2, -0.15) is 0 Å². The van der Waals surface area contributed by atoms with Crippen molar-refractivity contribution in [2.75, 3.05) is 6.54 Å². The van der Waals surface area contributed by atoms with Crippen LogP contribution in [-0.4, -0.2) is 39.3 Å². The van der Waals surface area contributed by atoms with Gasteiger partial charge in [0.15, 0.2) is 5.79 Å². The molecule has 6 nitrogen and oxygen atoms in total. The molecule has 0 bridgehead atoms. The molecule has 2 heterocycles. The average Bonchev–Trinajstić information content (AvgIpc) is 3.11. The molecule has 1 aromatic rings. The average molecular weight is 387 g/mol. The summed E-state index contributed by atoms with van der Waals surface area (Å²) in [5, 5.41) is 21.5. The highest BCUT2D eigenvalue weighted by Gasteiger charge is 2.65. The van der Waals surface area contributed by atoms with Gasteiger partial charge in [0.05, 0.1) is 17.9 Å². The van der Waals surface area contributed by atoms with E-state index in [4.69, 9.17) is 4.74 Å². The maximum atomic E-state index is 13.0. The lowest BCUT2D eigenvalue weighted by molar-refractivity contribution is -0.265. The first kappa shape index (κ1) is 19.4. The van der Waals surface area contributed by atoms with Crippen molar-refractivity contribution in [3.05, 3.63) is 28.8 Å². The van der Waals surface area contributed by atoms with Gasteiger partial charge in [0, 0.05) is 18.4 Å². The molecular formula is C22H29NO5. The molecule has 1 aromatic carbocycles. The van der Waals surface area contributed by atoms with E-state index in [1.165, 1.54) is 4.90 Å². The van der Waals surface area contributed by atoms with Crippen molar-refractivity contribution in [2.24, 2.45) is 23.7 Å². The summed E-state index contributed by atoms with van der Waals surface area (Å²) in [6.07, 6.45) is 1.32. The van der Waals surface area contributed by atoms with Gasteiger partial charge in [-0.05, 0) is 61.9 Å². The number of nitrogens with zero attached hydrogens (tertiary/aromatic N) is 1. The predicted octanol–water partition coefficient (Wildman–Crippen LogP) is 2.83. The van der Waals surface area contributed by atoms with E-state index in [0.717, 1.165) is 23.1 Å². The third-order valence-corrected chi connectivity index (χ3v) is 6.98. The van der Waals surface area contributed by atoms with E-state index in [0.29, 0.717) is 19.4 Å². The van der Waals surface area contributed by atoms with Gasteiger partial charge in [0.25, 0.3) is 0 Å². The Morgan fingerprint density at radius 1 is 1.18 bits per heavy atom. The smallest absolute Gasteiger partial charge is 0.233 e. The molecule has 28 heavy (non-hydrogen) atoms. The maximum absolute atomic E-state index is 13.0. The maximum Gasteiger partial charge on any atom is 0.233 e. The summed E-state index contributed by atoms with van der Waals surface area (Å²) >= 11 is 0. The standard InChI is InChI=1S/C22H29NO5/c1-5-6-23-20(25)15-9-13(4)22(27)16(18(15)21(23)26)10-17(28-22)14-7-11(2)19(24)12(3)8-14/h7-8,13,15-18,24,27H,5-6,9-10H2,1-4H3/t13-,15-,16-,17-,18-,22+/m0/s1. The Bertz CT molecular complexity index is 813. The first-order valence-corrected chi connectivity index (χ1v) is 10.2. The van der Waals surface area contributed by atoms with Crippen LogP contribution < -0.4 is 0 Å². The molecule has 1 saturated carbocycles. The van der Waals surface area contributed by atoms with Gasteiger partial charge in [-0.1, -0.05) is 13.8 Å². The first-order chi connectivity index (χ1) is 13.2. The van der Waals surface area contributed by atoms with Crippen molar-refractivity contribution < 1.29 is 24.5 Å². The Morgan fingerprint density at radius 2 is 1.82 bits per heavy atom. The van der Waals surface area contributed by atoms with E-state index < -0.39 is 17.6 Å². The molecule has 2 aliphatic heterocycles. The van der Waals surface area contributed by atoms with Crippen LogP contribution in [0.3, 0.4) is 0 Å². The number of fused-ring (bicyclic) bond motifs is 3. The molecule has 0 radical (unpaired) electrons. The van der Waals surface area contributed by atoms with Gasteiger partial charge in [-0.25, -0.2) is 0 Å². The number of rotatable bonds is 3. The van der Waals surface area contributed by atoms with Crippen LogP contribution in [0.15, 0.2) is 12.1 Å². The number of carbonyl (C=O) groups excluding carboxylic acids is 2. The SMILES string of the molecule is CCCN1C(=O)[C@H]2[C@H](C[C@H](C)[C@@]3(O)O[C@H](c4cc(C)c(O)c(C)c4)C[C@@H]23)C1=O. The minimum absolute atomic E-state index is 0.0921. The fourth-order valence-electron chi connectivity index (χ4n) is 5.54. The molecule has 6 heteroatoms. The van der Waals surface area contributed by atoms with E-state index >= 15 is 0 Å². The molecular weight excluding hydrogens is 358 g/mol. The monoisotopic (exact) mass is 387 g/mol. The lowest BCUT2D eigenvalue weighted by atomic mass is 9.65. The van der Waals surface area contributed by atoms with Crippen LogP contribution in [0, 0.1) is 37.5 Å². The van der Waals surface area contributed by atoms with Crippen LogP contribution in [0.1, 0.15) is 55.9 Å². The lowest BCUT2D eigenvalue weighted by Gasteiger charge is -2.43. The zero-order valence-electron chi connectivity index (χ0n) is 16.9. The van der Waals surface area contributed by atoms with Crippen LogP contribution in [0.4, 0.5) is 0 Å². The number of hydrogen-bond donors (Lipinski definition) is 2. The largest absolute Gasteiger partial charge is 0.507 e. The molecule has 2 amide bonds. The molecule has 152 valence electrons. The molecule has 2 N–H and O–H groups in total. The molecule has 0 unspecified atom stereocenters. The molecule has 3 fully saturated rings. The normalized spacial score (nSPS) is 37.3. The number of ether oxygens (including phenoxy) is 1. The van der Waals surface area contributed by atoms with Crippen molar-refractivity contribution >= 4 is 11.8 Å². The fraction of sp³-hybridized carbons (Fsp3) is 0.636. The Morgan fingerprint density at radius 3 is 2.43 bits per heavy atom. The Hall–Kier alpha value is -1.92. The van der Waals surface area contributed by atoms with Crippen LogP contribution >= 0.6 is 0 Å². The number of aliphatic hydroxyl groups is 1. The first-order valence-electron chi connectivity index (χ1n) is 10.2. The van der Waals surface area contributed by atoms with Gasteiger partial charge < -0.3 is 14.9 Å². The van der Waals surface area contributed by atoms with Crippen LogP contribution in [-0.2, 0) is 14.3 Å². The summed E-state index contributed by atoms with van der Waals surface area (Å²) in [5.74, 6) is -2.91. The third-order valence-electron chi connectivity index (χ3n) is 6.98. The third kappa shape index (κ3) is 2.61. The fourth-order valence-corrected chi connectivity index (χ4v) is 5.54. The zero-order valence-corrected chi connectivity index (χ0v) is 16.9. The van der Waals surface area contributed by atoms with Gasteiger partial charge >= 0.3 is 0 Å². The topological polar surface area (TPSA) is 87.1 Å². The van der Waals surface area contributed by atoms with Crippen molar-refractivity contribution in [2.45, 2.75) is 58.8 Å². The number of benzene rings is 1. The van der Waals surface area contributed by atoms with Crippen molar-refractivity contribution in [3.63, 3.8) is 0 Å². The number of amides is 2. The van der Waals surface area contributed by atoms with Crippen LogP contribution in [0.2, 0.25) is 0 Å². The van der Waals surface area contributed by atoms with Gasteiger partial charge in [0.1, 0.15) is 5.75 Å². The van der Waals surface area contributed by atoms with E-state index in [1.807, 2.05) is 39.8 Å². The van der Waals surface area contributed by atoms with E-state index in [9.17, 15) is 19.8 Å². The zero-order chi connectivity index (χ0) is 20.4. The number of aromatic hydroxyl groups is 1. The molecule has 0 spiro atoms. The van der Waals surface area contributed by atoms with Crippen molar-refractivity contribution in [1.82, 2.24) is 4.90 Å². The van der Waals surface area contributed by atoms with Gasteiger partial charge in [-0.3, -0.25) is 14.5 Å². The number of imide groups is 1. The number of likely N-dealkylation sites (tertiary alicyclic amines) is 1. The second-order valence-electron chi connectivity index (χ2n) is 8.80. The van der Waals surface area contributed by atoms with E-state index in [1.54, 1.807) is 0 Å². The molecule has 3 aliphatic rings. The van der Waals surface area contributed by atoms with Crippen LogP contribution in [0.25, 0.3) is 0 Å². The summed E-state index contributed by atoms with van der Waals surface area (Å²) in [6.45, 7) is 7.96. The highest BCUT2D eigenvalue weighted by molar-refractivity contribution is 6.05. The van der Waals surface area contributed by atoms with Crippen LogP contribution in [0.5, 0.6) is 5.75 Å². The highest BCUT2D eigenvalue weighted by atomic mass is 16.6. The molecule has 2 saturated heterocycles. The van der Waals surface area contributed by atoms with Crippen molar-refractivity contribution in [3.8, 4) is 5.75 Å². The van der Waals surface area contributed by atoms with E-state index in [-0.39, 0.29) is 35.5 Å². The van der Waals surface area contributed by atoms with Gasteiger partial charge in [0.2, 0.25) is 11.8 Å². The summed E-state index contributed by atoms with van der Waals surface area (Å²) < 4.78 is 6.18. The number of phenolic OH excluding ortho intramolecular Hbond substituents is 1. The Balaban J connectivity index is 1.69. The quantitative estimate of drug-likeness (QED) is 0.779. The minimum Gasteiger partial charge on any atom is -0.507 e. The molecule has 6 atom stereocenters. The Kier molecular flexibility index (Phi) is 4.55. The minimum atomic E-state index is -1.41. The number of carbonyl (C=O) groups is 2. The summed E-state index contributed by atoms with van der Waals surface area (Å²) in [5.41, 5.74) is 2.40. The van der Waals surface area contributed by atoms with Gasteiger partial charge in [-0.15, -0.1) is 0 Å². The summed E-state index contributed by atoms with van der Waals surface area (Å²) in [7, 11) is 0. The predicted molar refractivity (Wildman–Crippen MR) is 102 cm³/mol. The number of aryl methyl sites for hydroxylation is 2. The Labute approximate surface area is 165 Å². The van der Waals surface area contributed by atoms with Crippen molar-refractivity contribution in [1.29, 1.82) is 0 Å². The summed E-state index contributed by atoms with van der Waals surface area (Å²) in [6, 6.07) is 3.75. The highest BCUT2D eigenvalue weighted by Crippen LogP contribution is 2.58. The second-order valence-corrected chi connectivity index (χ2v) is 8.80. The number of hydrogen-bond acceptors (Lipinski definition) is 5. The molecule has 0 aromatic heterocycles. The second kappa shape index (κ2) is 6.56.